The molecule has 1 N–H and O–H groups in total. The van der Waals surface area contributed by atoms with Crippen molar-refractivity contribution in [1.82, 2.24) is 5.43 Å². The zero-order chi connectivity index (χ0) is 16.9. The van der Waals surface area contributed by atoms with Crippen molar-refractivity contribution in [2.24, 2.45) is 5.10 Å². The van der Waals surface area contributed by atoms with Crippen LogP contribution in [0.2, 0.25) is 0 Å². The predicted octanol–water partition coefficient (Wildman–Crippen LogP) is 4.55. The first-order valence-corrected chi connectivity index (χ1v) is 8.88. The minimum Gasteiger partial charge on any atom is -0.273 e. The molecule has 24 heavy (non-hydrogen) atoms. The number of nitrogens with zero attached hydrogens (tertiary/aromatic N) is 1. The van der Waals surface area contributed by atoms with Crippen molar-refractivity contribution >= 4 is 33.7 Å². The molecule has 0 radical (unpaired) electrons. The molecule has 0 bridgehead atoms. The quantitative estimate of drug-likeness (QED) is 0.539. The number of hydrazone groups is 1. The fraction of sp³-hybridized carbons (Fsp3) is 0.200. The second-order valence-electron chi connectivity index (χ2n) is 5.67. The van der Waals surface area contributed by atoms with Crippen molar-refractivity contribution in [1.29, 1.82) is 0 Å². The van der Waals surface area contributed by atoms with E-state index in [9.17, 15) is 4.79 Å². The lowest BCUT2D eigenvalue weighted by Crippen LogP contribution is -2.21. The van der Waals surface area contributed by atoms with Crippen LogP contribution in [0.3, 0.4) is 0 Å². The Morgan fingerprint density at radius 3 is 2.67 bits per heavy atom. The van der Waals surface area contributed by atoms with Crippen molar-refractivity contribution in [3.8, 4) is 0 Å². The monoisotopic (exact) mass is 336 g/mol. The Labute approximate surface area is 146 Å². The zero-order valence-corrected chi connectivity index (χ0v) is 14.7. The SMILES string of the molecule is CCc1ccc(/C(C)=N/NC(=O)Cc2cccc3ccccc23)s1. The molecule has 0 aliphatic heterocycles. The first-order valence-electron chi connectivity index (χ1n) is 8.06. The number of nitrogens with one attached hydrogen (secondary N) is 1. The van der Waals surface area contributed by atoms with E-state index in [0.29, 0.717) is 6.42 Å². The van der Waals surface area contributed by atoms with Crippen LogP contribution in [0.1, 0.15) is 29.2 Å². The number of thiophene rings is 1. The van der Waals surface area contributed by atoms with Gasteiger partial charge >= 0.3 is 0 Å². The molecule has 122 valence electrons. The first-order chi connectivity index (χ1) is 11.7. The van der Waals surface area contributed by atoms with Gasteiger partial charge in [0.25, 0.3) is 0 Å². The van der Waals surface area contributed by atoms with Crippen LogP contribution in [0.5, 0.6) is 0 Å². The van der Waals surface area contributed by atoms with Crippen LogP contribution >= 0.6 is 11.3 Å². The van der Waals surface area contributed by atoms with Crippen molar-refractivity contribution in [2.75, 3.05) is 0 Å². The fourth-order valence-electron chi connectivity index (χ4n) is 2.62. The fourth-order valence-corrected chi connectivity index (χ4v) is 3.52. The Hall–Kier alpha value is -2.46. The molecular formula is C20H20N2OS. The third-order valence-corrected chi connectivity index (χ3v) is 5.28. The molecule has 3 nitrogen and oxygen atoms in total. The van der Waals surface area contributed by atoms with E-state index in [1.807, 2.05) is 37.3 Å². The van der Waals surface area contributed by atoms with Gasteiger partial charge in [0.05, 0.1) is 17.0 Å². The highest BCUT2D eigenvalue weighted by atomic mass is 32.1. The molecule has 0 atom stereocenters. The molecule has 4 heteroatoms. The number of rotatable bonds is 5. The molecule has 0 aliphatic carbocycles. The average molecular weight is 336 g/mol. The van der Waals surface area contributed by atoms with E-state index in [-0.39, 0.29) is 5.91 Å². The second-order valence-corrected chi connectivity index (χ2v) is 6.84. The van der Waals surface area contributed by atoms with Crippen LogP contribution in [0.25, 0.3) is 10.8 Å². The maximum absolute atomic E-state index is 12.2. The lowest BCUT2D eigenvalue weighted by Gasteiger charge is -2.06. The van der Waals surface area contributed by atoms with E-state index in [0.717, 1.165) is 33.3 Å². The molecule has 1 heterocycles. The Kier molecular flexibility index (Phi) is 5.06. The summed E-state index contributed by atoms with van der Waals surface area (Å²) < 4.78 is 0. The molecule has 3 aromatic rings. The molecule has 0 unspecified atom stereocenters. The van der Waals surface area contributed by atoms with E-state index in [4.69, 9.17) is 0 Å². The van der Waals surface area contributed by atoms with Gasteiger partial charge < -0.3 is 0 Å². The molecule has 1 aromatic heterocycles. The Balaban J connectivity index is 1.70. The van der Waals surface area contributed by atoms with Gasteiger partial charge in [0.2, 0.25) is 5.91 Å². The minimum atomic E-state index is -0.0991. The van der Waals surface area contributed by atoms with Gasteiger partial charge in [-0.1, -0.05) is 49.4 Å². The third kappa shape index (κ3) is 3.71. The molecule has 3 rings (SSSR count). The van der Waals surface area contributed by atoms with Crippen LogP contribution in [0.15, 0.2) is 59.7 Å². The van der Waals surface area contributed by atoms with Gasteiger partial charge in [-0.2, -0.15) is 5.10 Å². The van der Waals surface area contributed by atoms with Gasteiger partial charge in [0.1, 0.15) is 0 Å². The van der Waals surface area contributed by atoms with Gasteiger partial charge in [-0.25, -0.2) is 5.43 Å². The van der Waals surface area contributed by atoms with Crippen molar-refractivity contribution in [3.63, 3.8) is 0 Å². The summed E-state index contributed by atoms with van der Waals surface area (Å²) in [5.74, 6) is -0.0991. The smallest absolute Gasteiger partial charge is 0.244 e. The van der Waals surface area contributed by atoms with E-state index in [2.05, 4.69) is 41.7 Å². The third-order valence-electron chi connectivity index (χ3n) is 3.95. The summed E-state index contributed by atoms with van der Waals surface area (Å²) in [4.78, 5) is 14.7. The first kappa shape index (κ1) is 16.4. The van der Waals surface area contributed by atoms with Crippen LogP contribution < -0.4 is 5.43 Å². The predicted molar refractivity (Wildman–Crippen MR) is 102 cm³/mol. The molecule has 0 spiro atoms. The molecule has 1 amide bonds. The van der Waals surface area contributed by atoms with Crippen LogP contribution in [-0.2, 0) is 17.6 Å². The standard InChI is InChI=1S/C20H20N2OS/c1-3-17-11-12-19(24-17)14(2)21-22-20(23)13-16-9-6-8-15-7-4-5-10-18(15)16/h4-12H,3,13H2,1-2H3,(H,22,23)/b21-14+. The number of carbonyl (C=O) groups is 1. The number of carbonyl (C=O) groups excluding carboxylic acids is 1. The number of aryl methyl sites for hydroxylation is 1. The highest BCUT2D eigenvalue weighted by Gasteiger charge is 2.07. The Morgan fingerprint density at radius 1 is 1.08 bits per heavy atom. The molecule has 0 saturated carbocycles. The summed E-state index contributed by atoms with van der Waals surface area (Å²) in [7, 11) is 0. The summed E-state index contributed by atoms with van der Waals surface area (Å²) in [5, 5.41) is 6.50. The van der Waals surface area contributed by atoms with Crippen molar-refractivity contribution in [2.45, 2.75) is 26.7 Å². The zero-order valence-electron chi connectivity index (χ0n) is 13.9. The highest BCUT2D eigenvalue weighted by Crippen LogP contribution is 2.19. The molecular weight excluding hydrogens is 316 g/mol. The number of fused-ring (bicyclic) bond motifs is 1. The van der Waals surface area contributed by atoms with E-state index in [1.165, 1.54) is 4.88 Å². The molecule has 0 fully saturated rings. The van der Waals surface area contributed by atoms with Gasteiger partial charge in [0.15, 0.2) is 0 Å². The van der Waals surface area contributed by atoms with Crippen LogP contribution in [-0.4, -0.2) is 11.6 Å². The highest BCUT2D eigenvalue weighted by molar-refractivity contribution is 7.14. The molecule has 0 aliphatic rings. The number of amides is 1. The van der Waals surface area contributed by atoms with Gasteiger partial charge in [-0.15, -0.1) is 11.3 Å². The van der Waals surface area contributed by atoms with E-state index in [1.54, 1.807) is 11.3 Å². The van der Waals surface area contributed by atoms with E-state index < -0.39 is 0 Å². The summed E-state index contributed by atoms with van der Waals surface area (Å²) in [6.07, 6.45) is 1.34. The summed E-state index contributed by atoms with van der Waals surface area (Å²) in [5.41, 5.74) is 4.53. The van der Waals surface area contributed by atoms with Gasteiger partial charge in [-0.05, 0) is 41.8 Å². The lowest BCUT2D eigenvalue weighted by atomic mass is 10.0. The Bertz CT molecular complexity index is 890. The molecule has 2 aromatic carbocycles. The maximum Gasteiger partial charge on any atom is 0.244 e. The number of benzene rings is 2. The lowest BCUT2D eigenvalue weighted by molar-refractivity contribution is -0.120. The van der Waals surface area contributed by atoms with E-state index >= 15 is 0 Å². The molecule has 0 saturated heterocycles. The summed E-state index contributed by atoms with van der Waals surface area (Å²) in [6, 6.07) is 18.3. The Morgan fingerprint density at radius 2 is 1.88 bits per heavy atom. The normalized spacial score (nSPS) is 11.7. The van der Waals surface area contributed by atoms with Crippen LogP contribution in [0.4, 0.5) is 0 Å². The van der Waals surface area contributed by atoms with Gasteiger partial charge in [0, 0.05) is 4.88 Å². The minimum absolute atomic E-state index is 0.0991. The van der Waals surface area contributed by atoms with Gasteiger partial charge in [-0.3, -0.25) is 4.79 Å². The second kappa shape index (κ2) is 7.41. The maximum atomic E-state index is 12.2. The number of hydrogen-bond donors (Lipinski definition) is 1. The topological polar surface area (TPSA) is 41.5 Å². The summed E-state index contributed by atoms with van der Waals surface area (Å²) in [6.45, 7) is 4.05. The van der Waals surface area contributed by atoms with Crippen LogP contribution in [0, 0.1) is 0 Å². The number of hydrogen-bond acceptors (Lipinski definition) is 3. The van der Waals surface area contributed by atoms with Crippen molar-refractivity contribution in [3.05, 3.63) is 69.9 Å². The average Bonchev–Trinajstić information content (AvgIpc) is 3.09. The summed E-state index contributed by atoms with van der Waals surface area (Å²) >= 11 is 1.72. The van der Waals surface area contributed by atoms with Crippen molar-refractivity contribution < 1.29 is 4.79 Å². The largest absolute Gasteiger partial charge is 0.273 e.